The SMILES string of the molecule is CCCC(CS)CN1CCC(N2CCCC2)C1. The number of nitrogens with zero attached hydrogens (tertiary/aromatic N) is 2. The van der Waals surface area contributed by atoms with Gasteiger partial charge in [-0.1, -0.05) is 13.3 Å². The van der Waals surface area contributed by atoms with E-state index in [1.54, 1.807) is 0 Å². The first-order valence-corrected chi connectivity index (χ1v) is 8.04. The van der Waals surface area contributed by atoms with Crippen LogP contribution < -0.4 is 0 Å². The Labute approximate surface area is 112 Å². The van der Waals surface area contributed by atoms with Gasteiger partial charge in [0.25, 0.3) is 0 Å². The Morgan fingerprint density at radius 1 is 1.24 bits per heavy atom. The predicted molar refractivity (Wildman–Crippen MR) is 77.9 cm³/mol. The van der Waals surface area contributed by atoms with E-state index in [-0.39, 0.29) is 0 Å². The molecule has 0 N–H and O–H groups in total. The van der Waals surface area contributed by atoms with Crippen LogP contribution in [0.25, 0.3) is 0 Å². The van der Waals surface area contributed by atoms with Gasteiger partial charge in [-0.05, 0) is 57.0 Å². The van der Waals surface area contributed by atoms with Crippen LogP contribution in [-0.2, 0) is 0 Å². The summed E-state index contributed by atoms with van der Waals surface area (Å²) in [6.45, 7) is 8.89. The molecule has 0 radical (unpaired) electrons. The molecule has 2 rings (SSSR count). The fourth-order valence-electron chi connectivity index (χ4n) is 3.40. The first kappa shape index (κ1) is 13.7. The summed E-state index contributed by atoms with van der Waals surface area (Å²) in [5.41, 5.74) is 0. The summed E-state index contributed by atoms with van der Waals surface area (Å²) < 4.78 is 0. The van der Waals surface area contributed by atoms with Gasteiger partial charge in [-0.15, -0.1) is 0 Å². The van der Waals surface area contributed by atoms with Crippen molar-refractivity contribution >= 4 is 12.6 Å². The molecule has 2 aliphatic rings. The molecule has 0 amide bonds. The molecule has 17 heavy (non-hydrogen) atoms. The average molecular weight is 256 g/mol. The molecular formula is C14H28N2S. The van der Waals surface area contributed by atoms with Gasteiger partial charge in [-0.2, -0.15) is 12.6 Å². The van der Waals surface area contributed by atoms with Gasteiger partial charge in [-0.25, -0.2) is 0 Å². The Hall–Kier alpha value is 0.270. The normalized spacial score (nSPS) is 28.9. The molecular weight excluding hydrogens is 228 g/mol. The zero-order valence-corrected chi connectivity index (χ0v) is 12.2. The van der Waals surface area contributed by atoms with E-state index < -0.39 is 0 Å². The summed E-state index contributed by atoms with van der Waals surface area (Å²) in [7, 11) is 0. The first-order chi connectivity index (χ1) is 8.33. The van der Waals surface area contributed by atoms with E-state index in [4.69, 9.17) is 0 Å². The van der Waals surface area contributed by atoms with Gasteiger partial charge in [0.1, 0.15) is 0 Å². The van der Waals surface area contributed by atoms with Crippen LogP contribution in [0.15, 0.2) is 0 Å². The molecule has 2 unspecified atom stereocenters. The molecule has 2 aliphatic heterocycles. The lowest BCUT2D eigenvalue weighted by molar-refractivity contribution is 0.220. The fraction of sp³-hybridized carbons (Fsp3) is 1.00. The van der Waals surface area contributed by atoms with Crippen LogP contribution in [0.5, 0.6) is 0 Å². The third-order valence-electron chi connectivity index (χ3n) is 4.38. The Morgan fingerprint density at radius 2 is 2.00 bits per heavy atom. The smallest absolute Gasteiger partial charge is 0.0235 e. The van der Waals surface area contributed by atoms with Crippen LogP contribution in [0.4, 0.5) is 0 Å². The summed E-state index contributed by atoms with van der Waals surface area (Å²) in [5.74, 6) is 1.86. The zero-order valence-electron chi connectivity index (χ0n) is 11.3. The van der Waals surface area contributed by atoms with Crippen molar-refractivity contribution in [3.05, 3.63) is 0 Å². The van der Waals surface area contributed by atoms with Gasteiger partial charge in [0.2, 0.25) is 0 Å². The van der Waals surface area contributed by atoms with E-state index in [2.05, 4.69) is 29.4 Å². The van der Waals surface area contributed by atoms with Crippen LogP contribution in [0.2, 0.25) is 0 Å². The molecule has 0 spiro atoms. The van der Waals surface area contributed by atoms with Gasteiger partial charge in [0, 0.05) is 19.1 Å². The summed E-state index contributed by atoms with van der Waals surface area (Å²) in [6.07, 6.45) is 6.88. The maximum atomic E-state index is 4.50. The topological polar surface area (TPSA) is 6.48 Å². The molecule has 100 valence electrons. The zero-order chi connectivity index (χ0) is 12.1. The minimum Gasteiger partial charge on any atom is -0.301 e. The van der Waals surface area contributed by atoms with Crippen molar-refractivity contribution < 1.29 is 0 Å². The summed E-state index contributed by atoms with van der Waals surface area (Å²) in [5, 5.41) is 0. The number of hydrogen-bond donors (Lipinski definition) is 1. The molecule has 0 bridgehead atoms. The highest BCUT2D eigenvalue weighted by molar-refractivity contribution is 7.80. The largest absolute Gasteiger partial charge is 0.301 e. The second kappa shape index (κ2) is 7.01. The second-order valence-corrected chi connectivity index (χ2v) is 6.15. The minimum atomic E-state index is 0.806. The van der Waals surface area contributed by atoms with Crippen LogP contribution in [0.3, 0.4) is 0 Å². The summed E-state index contributed by atoms with van der Waals surface area (Å²) in [4.78, 5) is 5.40. The lowest BCUT2D eigenvalue weighted by atomic mass is 10.1. The van der Waals surface area contributed by atoms with Crippen LogP contribution in [-0.4, -0.2) is 54.3 Å². The van der Waals surface area contributed by atoms with Gasteiger partial charge >= 0.3 is 0 Å². The Morgan fingerprint density at radius 3 is 2.65 bits per heavy atom. The highest BCUT2D eigenvalue weighted by Crippen LogP contribution is 2.22. The third kappa shape index (κ3) is 3.87. The van der Waals surface area contributed by atoms with E-state index in [9.17, 15) is 0 Å². The van der Waals surface area contributed by atoms with E-state index in [0.717, 1.165) is 17.7 Å². The maximum absolute atomic E-state index is 4.50. The van der Waals surface area contributed by atoms with E-state index in [0.29, 0.717) is 0 Å². The van der Waals surface area contributed by atoms with Crippen molar-refractivity contribution in [3.63, 3.8) is 0 Å². The van der Waals surface area contributed by atoms with Crippen molar-refractivity contribution in [2.45, 2.75) is 45.1 Å². The molecule has 0 aliphatic carbocycles. The maximum Gasteiger partial charge on any atom is 0.0235 e. The van der Waals surface area contributed by atoms with Crippen LogP contribution >= 0.6 is 12.6 Å². The number of thiol groups is 1. The first-order valence-electron chi connectivity index (χ1n) is 7.40. The van der Waals surface area contributed by atoms with Crippen molar-refractivity contribution in [2.75, 3.05) is 38.5 Å². The fourth-order valence-corrected chi connectivity index (χ4v) is 3.69. The highest BCUT2D eigenvalue weighted by atomic mass is 32.1. The van der Waals surface area contributed by atoms with Crippen molar-refractivity contribution in [2.24, 2.45) is 5.92 Å². The minimum absolute atomic E-state index is 0.806. The molecule has 2 nitrogen and oxygen atoms in total. The van der Waals surface area contributed by atoms with Crippen molar-refractivity contribution in [1.82, 2.24) is 9.80 Å². The molecule has 3 heteroatoms. The number of rotatable bonds is 6. The van der Waals surface area contributed by atoms with Gasteiger partial charge in [0.15, 0.2) is 0 Å². The van der Waals surface area contributed by atoms with E-state index in [1.165, 1.54) is 64.8 Å². The molecule has 2 atom stereocenters. The average Bonchev–Trinajstić information content (AvgIpc) is 2.98. The Bertz CT molecular complexity index is 216. The molecule has 0 aromatic rings. The van der Waals surface area contributed by atoms with Crippen molar-refractivity contribution in [1.29, 1.82) is 0 Å². The van der Waals surface area contributed by atoms with Crippen LogP contribution in [0.1, 0.15) is 39.0 Å². The second-order valence-electron chi connectivity index (χ2n) is 5.78. The summed E-state index contributed by atoms with van der Waals surface area (Å²) in [6, 6.07) is 0.861. The highest BCUT2D eigenvalue weighted by Gasteiger charge is 2.29. The monoisotopic (exact) mass is 256 g/mol. The Kier molecular flexibility index (Phi) is 5.64. The number of likely N-dealkylation sites (tertiary alicyclic amines) is 2. The van der Waals surface area contributed by atoms with Gasteiger partial charge in [0.05, 0.1) is 0 Å². The lowest BCUT2D eigenvalue weighted by Gasteiger charge is -2.25. The summed E-state index contributed by atoms with van der Waals surface area (Å²) >= 11 is 4.50. The number of hydrogen-bond acceptors (Lipinski definition) is 3. The van der Waals surface area contributed by atoms with E-state index in [1.807, 2.05) is 0 Å². The predicted octanol–water partition coefficient (Wildman–Crippen LogP) is 2.50. The van der Waals surface area contributed by atoms with Crippen molar-refractivity contribution in [3.8, 4) is 0 Å². The quantitative estimate of drug-likeness (QED) is 0.730. The molecule has 2 saturated heterocycles. The van der Waals surface area contributed by atoms with Gasteiger partial charge < -0.3 is 4.90 Å². The van der Waals surface area contributed by atoms with Crippen LogP contribution in [0, 0.1) is 5.92 Å². The van der Waals surface area contributed by atoms with Gasteiger partial charge in [-0.3, -0.25) is 4.90 Å². The molecule has 2 fully saturated rings. The molecule has 2 heterocycles. The Balaban J connectivity index is 1.73. The molecule has 0 aromatic carbocycles. The third-order valence-corrected chi connectivity index (χ3v) is 4.89. The molecule has 0 aromatic heterocycles. The standard InChI is InChI=1S/C14H28N2S/c1-2-5-13(12-17)10-15-9-6-14(11-15)16-7-3-4-8-16/h13-14,17H,2-12H2,1H3. The lowest BCUT2D eigenvalue weighted by Crippen LogP contribution is -2.36. The van der Waals surface area contributed by atoms with E-state index >= 15 is 0 Å². The molecule has 0 saturated carbocycles.